The summed E-state index contributed by atoms with van der Waals surface area (Å²) in [5.41, 5.74) is 5.96. The van der Waals surface area contributed by atoms with E-state index < -0.39 is 0 Å². The van der Waals surface area contributed by atoms with Gasteiger partial charge in [0.25, 0.3) is 0 Å². The van der Waals surface area contributed by atoms with E-state index in [1.807, 2.05) is 0 Å². The molecule has 17 heavy (non-hydrogen) atoms. The molecule has 0 heterocycles. The molecular weight excluding hydrogens is 204 g/mol. The van der Waals surface area contributed by atoms with Gasteiger partial charge in [0, 0.05) is 5.92 Å². The van der Waals surface area contributed by atoms with Gasteiger partial charge in [0.1, 0.15) is 0 Å². The molecule has 2 aliphatic carbocycles. The van der Waals surface area contributed by atoms with Crippen molar-refractivity contribution >= 4 is 0 Å². The van der Waals surface area contributed by atoms with Gasteiger partial charge in [-0.25, -0.2) is 0 Å². The van der Waals surface area contributed by atoms with Crippen molar-refractivity contribution in [1.29, 1.82) is 0 Å². The van der Waals surface area contributed by atoms with E-state index in [9.17, 15) is 0 Å². The highest BCUT2D eigenvalue weighted by Crippen LogP contribution is 2.42. The van der Waals surface area contributed by atoms with Crippen molar-refractivity contribution in [3.63, 3.8) is 0 Å². The summed E-state index contributed by atoms with van der Waals surface area (Å²) in [6.45, 7) is 2.23. The molecule has 0 fully saturated rings. The molecule has 0 bridgehead atoms. The third-order valence-electron chi connectivity index (χ3n) is 3.82. The number of allylic oxidation sites excluding steroid dienone is 6. The van der Waals surface area contributed by atoms with Crippen molar-refractivity contribution in [2.45, 2.75) is 32.1 Å². The second-order valence-electron chi connectivity index (χ2n) is 4.87. The quantitative estimate of drug-likeness (QED) is 0.676. The Bertz CT molecular complexity index is 500. The first kappa shape index (κ1) is 10.6. The van der Waals surface area contributed by atoms with Crippen LogP contribution in [-0.2, 0) is 0 Å². The molecule has 3 rings (SSSR count). The molecule has 0 N–H and O–H groups in total. The van der Waals surface area contributed by atoms with Gasteiger partial charge >= 0.3 is 0 Å². The van der Waals surface area contributed by atoms with Crippen molar-refractivity contribution in [3.8, 4) is 0 Å². The maximum Gasteiger partial charge on any atom is 0.00982 e. The van der Waals surface area contributed by atoms with Gasteiger partial charge in [-0.3, -0.25) is 0 Å². The lowest BCUT2D eigenvalue weighted by Gasteiger charge is -2.23. The van der Waals surface area contributed by atoms with Crippen LogP contribution in [0.25, 0.3) is 0 Å². The fraction of sp³-hybridized carbons (Fsp3) is 0.294. The van der Waals surface area contributed by atoms with Gasteiger partial charge in [-0.2, -0.15) is 0 Å². The Labute approximate surface area is 103 Å². The highest BCUT2D eigenvalue weighted by atomic mass is 14.3. The molecule has 1 unspecified atom stereocenters. The summed E-state index contributed by atoms with van der Waals surface area (Å²) in [6.07, 6.45) is 10.8. The minimum absolute atomic E-state index is 0.608. The highest BCUT2D eigenvalue weighted by molar-refractivity contribution is 5.58. The summed E-state index contributed by atoms with van der Waals surface area (Å²) in [6, 6.07) is 10.9. The lowest BCUT2D eigenvalue weighted by atomic mass is 9.81. The van der Waals surface area contributed by atoms with Crippen LogP contribution in [-0.4, -0.2) is 0 Å². The van der Waals surface area contributed by atoms with E-state index in [1.165, 1.54) is 29.6 Å². The largest absolute Gasteiger partial charge is 0.0769 e. The minimum Gasteiger partial charge on any atom is -0.0769 e. The molecule has 0 aliphatic heterocycles. The van der Waals surface area contributed by atoms with Crippen LogP contribution in [0.4, 0.5) is 0 Å². The molecular formula is C17H18. The normalized spacial score (nSPS) is 22.6. The van der Waals surface area contributed by atoms with Crippen LogP contribution in [0.1, 0.15) is 37.7 Å². The summed E-state index contributed by atoms with van der Waals surface area (Å²) >= 11 is 0. The van der Waals surface area contributed by atoms with Crippen LogP contribution >= 0.6 is 0 Å². The molecule has 1 aromatic rings. The van der Waals surface area contributed by atoms with Gasteiger partial charge in [0.15, 0.2) is 0 Å². The third-order valence-corrected chi connectivity index (χ3v) is 3.82. The van der Waals surface area contributed by atoms with Gasteiger partial charge in [-0.15, -0.1) is 0 Å². The predicted octanol–water partition coefficient (Wildman–Crippen LogP) is 4.77. The highest BCUT2D eigenvalue weighted by Gasteiger charge is 2.24. The molecule has 0 nitrogen and oxygen atoms in total. The van der Waals surface area contributed by atoms with Crippen LogP contribution < -0.4 is 0 Å². The second kappa shape index (κ2) is 4.37. The third kappa shape index (κ3) is 1.88. The Hall–Kier alpha value is -1.56. The van der Waals surface area contributed by atoms with Crippen molar-refractivity contribution in [3.05, 3.63) is 70.8 Å². The Morgan fingerprint density at radius 1 is 1.12 bits per heavy atom. The Morgan fingerprint density at radius 3 is 2.71 bits per heavy atom. The number of hydrogen-bond donors (Lipinski definition) is 0. The molecule has 0 heteroatoms. The zero-order valence-electron chi connectivity index (χ0n) is 10.3. The molecule has 0 aromatic heterocycles. The Kier molecular flexibility index (Phi) is 2.72. The lowest BCUT2D eigenvalue weighted by Crippen LogP contribution is -2.06. The summed E-state index contributed by atoms with van der Waals surface area (Å²) in [5.74, 6) is 0.608. The minimum atomic E-state index is 0.608. The van der Waals surface area contributed by atoms with E-state index in [2.05, 4.69) is 55.5 Å². The van der Waals surface area contributed by atoms with E-state index in [0.29, 0.717) is 5.92 Å². The van der Waals surface area contributed by atoms with E-state index in [4.69, 9.17) is 0 Å². The fourth-order valence-corrected chi connectivity index (χ4v) is 2.88. The van der Waals surface area contributed by atoms with Gasteiger partial charge in [0.05, 0.1) is 0 Å². The summed E-state index contributed by atoms with van der Waals surface area (Å²) in [5, 5.41) is 0. The molecule has 0 radical (unpaired) electrons. The first-order valence-electron chi connectivity index (χ1n) is 6.56. The van der Waals surface area contributed by atoms with Crippen LogP contribution in [0, 0.1) is 0 Å². The first-order valence-corrected chi connectivity index (χ1v) is 6.56. The summed E-state index contributed by atoms with van der Waals surface area (Å²) in [4.78, 5) is 0. The van der Waals surface area contributed by atoms with Crippen LogP contribution in [0.5, 0.6) is 0 Å². The summed E-state index contributed by atoms with van der Waals surface area (Å²) in [7, 11) is 0. The molecule has 0 saturated heterocycles. The van der Waals surface area contributed by atoms with Crippen molar-refractivity contribution in [2.75, 3.05) is 0 Å². The number of rotatable bonds is 2. The zero-order chi connectivity index (χ0) is 11.7. The van der Waals surface area contributed by atoms with Crippen LogP contribution in [0.15, 0.2) is 65.3 Å². The van der Waals surface area contributed by atoms with Gasteiger partial charge in [0.2, 0.25) is 0 Å². The monoisotopic (exact) mass is 222 g/mol. The van der Waals surface area contributed by atoms with Gasteiger partial charge in [-0.1, -0.05) is 55.5 Å². The molecule has 2 aliphatic rings. The standard InChI is InChI=1S/C17H18/c1-2-13-11-15-9-6-10-16(17(15)12-13)14-7-4-3-5-8-14/h3-5,7-9,11-12,16H,2,6,10H2,1H3. The molecule has 0 saturated carbocycles. The van der Waals surface area contributed by atoms with Crippen molar-refractivity contribution in [1.82, 2.24) is 0 Å². The molecule has 0 spiro atoms. The Morgan fingerprint density at radius 2 is 1.94 bits per heavy atom. The summed E-state index contributed by atoms with van der Waals surface area (Å²) < 4.78 is 0. The first-order chi connectivity index (χ1) is 8.38. The molecule has 86 valence electrons. The van der Waals surface area contributed by atoms with Crippen LogP contribution in [0.3, 0.4) is 0 Å². The lowest BCUT2D eigenvalue weighted by molar-refractivity contribution is 0.701. The van der Waals surface area contributed by atoms with Crippen molar-refractivity contribution < 1.29 is 0 Å². The molecule has 0 amide bonds. The van der Waals surface area contributed by atoms with Gasteiger partial charge < -0.3 is 0 Å². The maximum atomic E-state index is 2.41. The predicted molar refractivity (Wildman–Crippen MR) is 73.0 cm³/mol. The zero-order valence-corrected chi connectivity index (χ0v) is 10.3. The van der Waals surface area contributed by atoms with Gasteiger partial charge in [-0.05, 0) is 41.5 Å². The Balaban J connectivity index is 1.97. The van der Waals surface area contributed by atoms with E-state index in [0.717, 1.165) is 6.42 Å². The maximum absolute atomic E-state index is 2.41. The second-order valence-corrected chi connectivity index (χ2v) is 4.87. The SMILES string of the molecule is CCC1=CC2=CCCC(c3ccccc3)C2=C1. The topological polar surface area (TPSA) is 0 Å². The molecule has 1 aromatic carbocycles. The number of fused-ring (bicyclic) bond motifs is 1. The average molecular weight is 222 g/mol. The number of benzene rings is 1. The van der Waals surface area contributed by atoms with Crippen LogP contribution in [0.2, 0.25) is 0 Å². The fourth-order valence-electron chi connectivity index (χ4n) is 2.88. The van der Waals surface area contributed by atoms with Crippen molar-refractivity contribution in [2.24, 2.45) is 0 Å². The smallest absolute Gasteiger partial charge is 0.00982 e. The van der Waals surface area contributed by atoms with E-state index >= 15 is 0 Å². The molecule has 1 atom stereocenters. The number of hydrogen-bond acceptors (Lipinski definition) is 0. The van der Waals surface area contributed by atoms with E-state index in [1.54, 1.807) is 5.57 Å². The average Bonchev–Trinajstić information content (AvgIpc) is 2.82. The van der Waals surface area contributed by atoms with E-state index in [-0.39, 0.29) is 0 Å².